The van der Waals surface area contributed by atoms with Gasteiger partial charge in [-0.25, -0.2) is 4.98 Å². The molecule has 2 aliphatic heterocycles. The number of fused-ring (bicyclic) bond motifs is 2. The van der Waals surface area contributed by atoms with Crippen LogP contribution in [0.3, 0.4) is 0 Å². The van der Waals surface area contributed by atoms with Crippen molar-refractivity contribution >= 4 is 45.1 Å². The van der Waals surface area contributed by atoms with Crippen LogP contribution in [0.5, 0.6) is 0 Å². The molecule has 0 amide bonds. The van der Waals surface area contributed by atoms with Gasteiger partial charge in [0, 0.05) is 30.8 Å². The third-order valence-electron chi connectivity index (χ3n) is 6.65. The maximum absolute atomic E-state index is 10.4. The number of hydrogen-bond acceptors (Lipinski definition) is 6. The molecular formula is C23H27BrN6O. The fourth-order valence-corrected chi connectivity index (χ4v) is 5.24. The molecule has 0 saturated carbocycles. The number of anilines is 2. The zero-order chi connectivity index (χ0) is 21.8. The molecule has 8 heteroatoms. The Balaban J connectivity index is 1.49. The quantitative estimate of drug-likeness (QED) is 0.585. The second-order valence-corrected chi connectivity index (χ2v) is 9.90. The average molecular weight is 483 g/mol. The minimum atomic E-state index is -0.658. The molecule has 2 aliphatic rings. The molecule has 1 aromatic carbocycles. The predicted octanol–water partition coefficient (Wildman–Crippen LogP) is 4.10. The topological polar surface area (TPSA) is 92.0 Å². The average Bonchev–Trinajstić information content (AvgIpc) is 3.19. The van der Waals surface area contributed by atoms with Gasteiger partial charge in [0.25, 0.3) is 0 Å². The van der Waals surface area contributed by atoms with E-state index in [1.165, 1.54) is 5.56 Å². The van der Waals surface area contributed by atoms with E-state index in [9.17, 15) is 5.11 Å². The number of halogens is 1. The van der Waals surface area contributed by atoms with E-state index in [4.69, 9.17) is 10.7 Å². The number of hydrogen-bond donors (Lipinski definition) is 2. The Morgan fingerprint density at radius 2 is 1.94 bits per heavy atom. The Labute approximate surface area is 190 Å². The third-order valence-corrected chi connectivity index (χ3v) is 7.41. The fraction of sp³-hybridized carbons (Fsp3) is 0.435. The summed E-state index contributed by atoms with van der Waals surface area (Å²) >= 11 is 3.65. The van der Waals surface area contributed by atoms with Gasteiger partial charge in [0.15, 0.2) is 5.65 Å². The van der Waals surface area contributed by atoms with E-state index in [1.807, 2.05) is 38.4 Å². The van der Waals surface area contributed by atoms with E-state index in [2.05, 4.69) is 43.1 Å². The minimum absolute atomic E-state index is 0.106. The molecule has 7 nitrogen and oxygen atoms in total. The standard InChI is InChI=1S/C23H27BrN6O/c1-23(2,31)16-7-9-29(10-8-16)22-19(24)20(25)30-21(28-22)17(13-27-30)15-11-14-5-3-4-6-18(14)26-12-15/h3-6,12-13,15-16,31H,7-11,25H2,1-2H3. The highest BCUT2D eigenvalue weighted by molar-refractivity contribution is 9.10. The van der Waals surface area contributed by atoms with Gasteiger partial charge in [-0.05, 0) is 66.6 Å². The van der Waals surface area contributed by atoms with Crippen molar-refractivity contribution in [2.45, 2.75) is 44.6 Å². The molecule has 5 rings (SSSR count). The molecule has 162 valence electrons. The molecule has 31 heavy (non-hydrogen) atoms. The number of rotatable bonds is 3. The van der Waals surface area contributed by atoms with Crippen LogP contribution in [-0.2, 0) is 6.42 Å². The molecule has 1 atom stereocenters. The van der Waals surface area contributed by atoms with Crippen LogP contribution in [0, 0.1) is 5.92 Å². The Kier molecular flexibility index (Phi) is 5.01. The van der Waals surface area contributed by atoms with E-state index >= 15 is 0 Å². The van der Waals surface area contributed by atoms with Crippen molar-refractivity contribution in [1.29, 1.82) is 0 Å². The van der Waals surface area contributed by atoms with Crippen molar-refractivity contribution in [3.8, 4) is 0 Å². The fourth-order valence-electron chi connectivity index (χ4n) is 4.73. The van der Waals surface area contributed by atoms with E-state index in [-0.39, 0.29) is 11.8 Å². The van der Waals surface area contributed by atoms with Crippen molar-refractivity contribution in [3.05, 3.63) is 46.1 Å². The first kappa shape index (κ1) is 20.5. The Hall–Kier alpha value is -2.45. The van der Waals surface area contributed by atoms with E-state index in [1.54, 1.807) is 4.52 Å². The van der Waals surface area contributed by atoms with Crippen molar-refractivity contribution in [2.24, 2.45) is 10.9 Å². The van der Waals surface area contributed by atoms with Gasteiger partial charge in [-0.1, -0.05) is 18.2 Å². The number of aliphatic imine (C=N–C) groups is 1. The summed E-state index contributed by atoms with van der Waals surface area (Å²) in [6.07, 6.45) is 6.56. The third kappa shape index (κ3) is 3.61. The van der Waals surface area contributed by atoms with Crippen molar-refractivity contribution in [3.63, 3.8) is 0 Å². The van der Waals surface area contributed by atoms with Crippen LogP contribution in [0.1, 0.15) is 43.7 Å². The highest BCUT2D eigenvalue weighted by Crippen LogP contribution is 2.38. The van der Waals surface area contributed by atoms with Gasteiger partial charge in [-0.2, -0.15) is 9.61 Å². The molecule has 1 unspecified atom stereocenters. The molecule has 1 saturated heterocycles. The second kappa shape index (κ2) is 7.60. The zero-order valence-electron chi connectivity index (χ0n) is 17.8. The normalized spacial score (nSPS) is 19.7. The first-order valence-electron chi connectivity index (χ1n) is 10.7. The maximum atomic E-state index is 10.4. The van der Waals surface area contributed by atoms with Gasteiger partial charge in [0.2, 0.25) is 0 Å². The van der Waals surface area contributed by atoms with Gasteiger partial charge >= 0.3 is 0 Å². The molecule has 0 radical (unpaired) electrons. The summed E-state index contributed by atoms with van der Waals surface area (Å²) in [6.45, 7) is 5.46. The lowest BCUT2D eigenvalue weighted by molar-refractivity contribution is 0.00645. The number of aromatic nitrogens is 3. The van der Waals surface area contributed by atoms with E-state index in [0.29, 0.717) is 5.82 Å². The summed E-state index contributed by atoms with van der Waals surface area (Å²) in [5.41, 5.74) is 9.86. The Bertz CT molecular complexity index is 1160. The second-order valence-electron chi connectivity index (χ2n) is 9.10. The molecule has 0 bridgehead atoms. The van der Waals surface area contributed by atoms with Gasteiger partial charge in [-0.3, -0.25) is 4.99 Å². The van der Waals surface area contributed by atoms with Crippen LogP contribution >= 0.6 is 15.9 Å². The highest BCUT2D eigenvalue weighted by atomic mass is 79.9. The number of piperidine rings is 1. The largest absolute Gasteiger partial charge is 0.390 e. The summed E-state index contributed by atoms with van der Waals surface area (Å²) in [7, 11) is 0. The van der Waals surface area contributed by atoms with Crippen LogP contribution in [0.4, 0.5) is 17.3 Å². The zero-order valence-corrected chi connectivity index (χ0v) is 19.4. The number of nitrogens with two attached hydrogens (primary N) is 1. The maximum Gasteiger partial charge on any atom is 0.163 e. The minimum Gasteiger partial charge on any atom is -0.390 e. The molecular weight excluding hydrogens is 456 g/mol. The van der Waals surface area contributed by atoms with Gasteiger partial charge in [0.05, 0.1) is 17.5 Å². The molecule has 4 heterocycles. The van der Waals surface area contributed by atoms with E-state index in [0.717, 1.165) is 59.5 Å². The van der Waals surface area contributed by atoms with E-state index < -0.39 is 5.60 Å². The first-order chi connectivity index (χ1) is 14.8. The van der Waals surface area contributed by atoms with Crippen LogP contribution in [0.15, 0.2) is 39.9 Å². The predicted molar refractivity (Wildman–Crippen MR) is 127 cm³/mol. The van der Waals surface area contributed by atoms with Crippen molar-refractivity contribution < 1.29 is 5.11 Å². The van der Waals surface area contributed by atoms with Crippen LogP contribution < -0.4 is 10.6 Å². The number of nitrogen functional groups attached to an aromatic ring is 1. The molecule has 0 aliphatic carbocycles. The van der Waals surface area contributed by atoms with Gasteiger partial charge in [-0.15, -0.1) is 0 Å². The molecule has 3 aromatic rings. The van der Waals surface area contributed by atoms with Crippen molar-refractivity contribution in [2.75, 3.05) is 23.7 Å². The van der Waals surface area contributed by atoms with Crippen LogP contribution in [-0.4, -0.2) is 44.6 Å². The summed E-state index contributed by atoms with van der Waals surface area (Å²) in [6, 6.07) is 8.23. The number of nitrogens with zero attached hydrogens (tertiary/aromatic N) is 5. The lowest BCUT2D eigenvalue weighted by Gasteiger charge is -2.38. The number of para-hydroxylation sites is 1. The molecule has 3 N–H and O–H groups in total. The molecule has 1 fully saturated rings. The summed E-state index contributed by atoms with van der Waals surface area (Å²) in [4.78, 5) is 11.9. The monoisotopic (exact) mass is 482 g/mol. The SMILES string of the molecule is CC(C)(O)C1CCN(c2nc3c(C4C=Nc5ccccc5C4)cnn3c(N)c2Br)CC1. The summed E-state index contributed by atoms with van der Waals surface area (Å²) in [5.74, 6) is 1.78. The first-order valence-corrected chi connectivity index (χ1v) is 11.5. The van der Waals surface area contributed by atoms with Crippen LogP contribution in [0.25, 0.3) is 5.65 Å². The molecule has 0 spiro atoms. The van der Waals surface area contributed by atoms with Crippen LogP contribution in [0.2, 0.25) is 0 Å². The van der Waals surface area contributed by atoms with Gasteiger partial charge < -0.3 is 15.7 Å². The summed E-state index contributed by atoms with van der Waals surface area (Å²) < 4.78 is 2.47. The number of aliphatic hydroxyl groups is 1. The van der Waals surface area contributed by atoms with Crippen molar-refractivity contribution in [1.82, 2.24) is 14.6 Å². The smallest absolute Gasteiger partial charge is 0.163 e. The molecule has 2 aromatic heterocycles. The van der Waals surface area contributed by atoms with Gasteiger partial charge in [0.1, 0.15) is 16.1 Å². The lowest BCUT2D eigenvalue weighted by atomic mass is 9.83. The Morgan fingerprint density at radius 1 is 1.19 bits per heavy atom. The summed E-state index contributed by atoms with van der Waals surface area (Å²) in [5, 5.41) is 14.9. The lowest BCUT2D eigenvalue weighted by Crippen LogP contribution is -2.42. The highest BCUT2D eigenvalue weighted by Gasteiger charge is 2.32. The Morgan fingerprint density at radius 3 is 2.68 bits per heavy atom. The number of benzene rings is 1.